The monoisotopic (exact) mass is 247 g/mol. The molecule has 0 saturated carbocycles. The van der Waals surface area contributed by atoms with Gasteiger partial charge in [-0.15, -0.1) is 0 Å². The summed E-state index contributed by atoms with van der Waals surface area (Å²) in [6, 6.07) is 0. The van der Waals surface area contributed by atoms with Gasteiger partial charge in [0, 0.05) is 13.1 Å². The van der Waals surface area contributed by atoms with E-state index in [0.717, 1.165) is 19.6 Å². The van der Waals surface area contributed by atoms with Crippen LogP contribution in [0.5, 0.6) is 0 Å². The van der Waals surface area contributed by atoms with Crippen LogP contribution in [0.1, 0.15) is 13.3 Å². The van der Waals surface area contributed by atoms with Crippen molar-refractivity contribution < 1.29 is 9.94 Å². The lowest BCUT2D eigenvalue weighted by Gasteiger charge is -2.32. The Morgan fingerprint density at radius 2 is 2.50 bits per heavy atom. The van der Waals surface area contributed by atoms with Gasteiger partial charge in [-0.3, -0.25) is 4.90 Å². The highest BCUT2D eigenvalue weighted by molar-refractivity contribution is 7.99. The van der Waals surface area contributed by atoms with Crippen LogP contribution in [0.3, 0.4) is 0 Å². The molecule has 1 saturated heterocycles. The zero-order valence-corrected chi connectivity index (χ0v) is 10.6. The Kier molecular flexibility index (Phi) is 6.59. The minimum Gasteiger partial charge on any atom is -0.409 e. The quantitative estimate of drug-likeness (QED) is 0.236. The lowest BCUT2D eigenvalue weighted by Crippen LogP contribution is -2.48. The number of nitrogens with zero attached hydrogens (tertiary/aromatic N) is 2. The molecule has 1 aliphatic heterocycles. The van der Waals surface area contributed by atoms with E-state index < -0.39 is 0 Å². The predicted molar refractivity (Wildman–Crippen MR) is 67.2 cm³/mol. The van der Waals surface area contributed by atoms with Gasteiger partial charge in [0.25, 0.3) is 0 Å². The first kappa shape index (κ1) is 13.6. The molecule has 16 heavy (non-hydrogen) atoms. The molecule has 1 fully saturated rings. The van der Waals surface area contributed by atoms with Crippen molar-refractivity contribution in [1.29, 1.82) is 0 Å². The van der Waals surface area contributed by atoms with E-state index in [9.17, 15) is 0 Å². The number of morpholine rings is 1. The molecule has 1 heterocycles. The van der Waals surface area contributed by atoms with Crippen LogP contribution in [-0.2, 0) is 4.74 Å². The van der Waals surface area contributed by atoms with E-state index in [0.29, 0.717) is 6.61 Å². The van der Waals surface area contributed by atoms with E-state index in [1.165, 1.54) is 17.9 Å². The summed E-state index contributed by atoms with van der Waals surface area (Å²) in [6.07, 6.45) is 0.930. The van der Waals surface area contributed by atoms with Gasteiger partial charge in [0.15, 0.2) is 5.84 Å². The molecular formula is C10H21N3O2S. The van der Waals surface area contributed by atoms with Gasteiger partial charge in [-0.2, -0.15) is 11.8 Å². The molecule has 0 spiro atoms. The Morgan fingerprint density at radius 1 is 1.69 bits per heavy atom. The third-order valence-corrected chi connectivity index (χ3v) is 3.55. The van der Waals surface area contributed by atoms with Gasteiger partial charge in [-0.05, 0) is 24.5 Å². The van der Waals surface area contributed by atoms with Gasteiger partial charge in [-0.25, -0.2) is 0 Å². The molecular weight excluding hydrogens is 226 g/mol. The van der Waals surface area contributed by atoms with Crippen molar-refractivity contribution in [2.24, 2.45) is 10.9 Å². The van der Waals surface area contributed by atoms with Gasteiger partial charge >= 0.3 is 0 Å². The zero-order chi connectivity index (χ0) is 11.8. The van der Waals surface area contributed by atoms with Crippen molar-refractivity contribution in [2.45, 2.75) is 19.4 Å². The molecule has 0 aromatic heterocycles. The Labute approximate surface area is 101 Å². The molecule has 6 heteroatoms. The molecule has 0 aromatic carbocycles. The highest BCUT2D eigenvalue weighted by atomic mass is 32.2. The van der Waals surface area contributed by atoms with Crippen LogP contribution in [0.2, 0.25) is 0 Å². The molecule has 0 bridgehead atoms. The predicted octanol–water partition coefficient (Wildman–Crippen LogP) is 0.577. The van der Waals surface area contributed by atoms with E-state index in [2.05, 4.69) is 17.0 Å². The lowest BCUT2D eigenvalue weighted by atomic mass is 10.2. The summed E-state index contributed by atoms with van der Waals surface area (Å²) in [5.74, 6) is 2.55. The number of nitrogens with two attached hydrogens (primary N) is 1. The molecule has 0 amide bonds. The number of hydrogen-bond acceptors (Lipinski definition) is 5. The summed E-state index contributed by atoms with van der Waals surface area (Å²) < 4.78 is 5.43. The van der Waals surface area contributed by atoms with Crippen LogP contribution in [-0.4, -0.2) is 59.8 Å². The number of ether oxygens (including phenoxy) is 1. The fraction of sp³-hybridized carbons (Fsp3) is 0.900. The molecule has 1 atom stereocenters. The minimum absolute atomic E-state index is 0.174. The maximum atomic E-state index is 8.58. The number of rotatable bonds is 6. The second-order valence-corrected chi connectivity index (χ2v) is 5.13. The average molecular weight is 247 g/mol. The highest BCUT2D eigenvalue weighted by Crippen LogP contribution is 2.08. The van der Waals surface area contributed by atoms with Crippen molar-refractivity contribution in [3.63, 3.8) is 0 Å². The maximum absolute atomic E-state index is 8.58. The van der Waals surface area contributed by atoms with E-state index in [1.54, 1.807) is 0 Å². The van der Waals surface area contributed by atoms with Gasteiger partial charge in [-0.1, -0.05) is 12.1 Å². The second-order valence-electron chi connectivity index (χ2n) is 3.74. The van der Waals surface area contributed by atoms with Crippen molar-refractivity contribution in [2.75, 3.05) is 37.7 Å². The first-order valence-electron chi connectivity index (χ1n) is 5.67. The van der Waals surface area contributed by atoms with Crippen LogP contribution in [0.15, 0.2) is 5.16 Å². The standard InChI is InChI=1S/C10H21N3O2S/c1-2-16-7-3-4-13-5-6-15-9(8-13)10(11)12-14/h9,14H,2-8H2,1H3,(H2,11,12). The number of thioether (sulfide) groups is 1. The van der Waals surface area contributed by atoms with Crippen molar-refractivity contribution >= 4 is 17.6 Å². The molecule has 0 aromatic rings. The smallest absolute Gasteiger partial charge is 0.169 e. The lowest BCUT2D eigenvalue weighted by molar-refractivity contribution is 0.00492. The fourth-order valence-electron chi connectivity index (χ4n) is 1.68. The van der Waals surface area contributed by atoms with Crippen LogP contribution >= 0.6 is 11.8 Å². The van der Waals surface area contributed by atoms with Crippen LogP contribution in [0.25, 0.3) is 0 Å². The molecule has 3 N–H and O–H groups in total. The van der Waals surface area contributed by atoms with E-state index in [1.807, 2.05) is 11.8 Å². The molecule has 5 nitrogen and oxygen atoms in total. The third kappa shape index (κ3) is 4.59. The molecule has 1 rings (SSSR count). The first-order chi connectivity index (χ1) is 7.77. The summed E-state index contributed by atoms with van der Waals surface area (Å²) in [6.45, 7) is 5.56. The van der Waals surface area contributed by atoms with Gasteiger partial charge in [0.05, 0.1) is 6.61 Å². The summed E-state index contributed by atoms with van der Waals surface area (Å²) in [5, 5.41) is 11.6. The fourth-order valence-corrected chi connectivity index (χ4v) is 2.31. The van der Waals surface area contributed by atoms with E-state index >= 15 is 0 Å². The Morgan fingerprint density at radius 3 is 3.19 bits per heavy atom. The van der Waals surface area contributed by atoms with Crippen molar-refractivity contribution in [3.8, 4) is 0 Å². The summed E-state index contributed by atoms with van der Waals surface area (Å²) in [5.41, 5.74) is 5.53. The van der Waals surface area contributed by atoms with E-state index in [4.69, 9.17) is 15.7 Å². The largest absolute Gasteiger partial charge is 0.409 e. The summed E-state index contributed by atoms with van der Waals surface area (Å²) in [7, 11) is 0. The third-order valence-electron chi connectivity index (χ3n) is 2.56. The summed E-state index contributed by atoms with van der Waals surface area (Å²) in [4.78, 5) is 2.31. The van der Waals surface area contributed by atoms with Gasteiger partial charge < -0.3 is 15.7 Å². The Bertz CT molecular complexity index is 226. The first-order valence-corrected chi connectivity index (χ1v) is 6.82. The zero-order valence-electron chi connectivity index (χ0n) is 9.76. The number of oxime groups is 1. The normalized spacial score (nSPS) is 23.6. The Hall–Kier alpha value is -0.460. The van der Waals surface area contributed by atoms with Crippen LogP contribution in [0, 0.1) is 0 Å². The number of amidine groups is 1. The summed E-state index contributed by atoms with van der Waals surface area (Å²) >= 11 is 1.96. The molecule has 0 radical (unpaired) electrons. The van der Waals surface area contributed by atoms with Crippen LogP contribution < -0.4 is 5.73 Å². The molecule has 0 aliphatic carbocycles. The van der Waals surface area contributed by atoms with Crippen molar-refractivity contribution in [3.05, 3.63) is 0 Å². The van der Waals surface area contributed by atoms with E-state index in [-0.39, 0.29) is 11.9 Å². The Balaban J connectivity index is 2.22. The topological polar surface area (TPSA) is 71.1 Å². The molecule has 1 unspecified atom stereocenters. The highest BCUT2D eigenvalue weighted by Gasteiger charge is 2.23. The second kappa shape index (κ2) is 7.76. The van der Waals surface area contributed by atoms with Gasteiger partial charge in [0.2, 0.25) is 0 Å². The van der Waals surface area contributed by atoms with Crippen molar-refractivity contribution in [1.82, 2.24) is 4.90 Å². The molecule has 94 valence electrons. The van der Waals surface area contributed by atoms with Crippen LogP contribution in [0.4, 0.5) is 0 Å². The SMILES string of the molecule is CCSCCCN1CCOC(C(N)=NO)C1. The maximum Gasteiger partial charge on any atom is 0.169 e. The minimum atomic E-state index is -0.252. The molecule has 1 aliphatic rings. The average Bonchev–Trinajstić information content (AvgIpc) is 2.34. The van der Waals surface area contributed by atoms with Gasteiger partial charge in [0.1, 0.15) is 6.10 Å². The number of hydrogen-bond donors (Lipinski definition) is 2.